The lowest BCUT2D eigenvalue weighted by Gasteiger charge is -2.05. The molecule has 0 aliphatic heterocycles. The second kappa shape index (κ2) is 5.04. The number of rotatable bonds is 3. The van der Waals surface area contributed by atoms with Gasteiger partial charge in [0, 0.05) is 6.07 Å². The highest BCUT2D eigenvalue weighted by atomic mass is 16.5. The summed E-state index contributed by atoms with van der Waals surface area (Å²) in [6.45, 7) is 5.90. The molecular formula is C14H16N2O2. The summed E-state index contributed by atoms with van der Waals surface area (Å²) in [7, 11) is 0. The lowest BCUT2D eigenvalue weighted by atomic mass is 10.0. The summed E-state index contributed by atoms with van der Waals surface area (Å²) in [6, 6.07) is 7.71. The van der Waals surface area contributed by atoms with Crippen molar-refractivity contribution in [3.63, 3.8) is 0 Å². The van der Waals surface area contributed by atoms with Crippen molar-refractivity contribution in [2.24, 2.45) is 0 Å². The van der Waals surface area contributed by atoms with Gasteiger partial charge in [-0.25, -0.2) is 0 Å². The van der Waals surface area contributed by atoms with Crippen molar-refractivity contribution < 1.29 is 9.32 Å². The highest BCUT2D eigenvalue weighted by molar-refractivity contribution is 5.91. The van der Waals surface area contributed by atoms with E-state index < -0.39 is 0 Å². The molecule has 0 spiro atoms. The van der Waals surface area contributed by atoms with Gasteiger partial charge in [-0.2, -0.15) is 0 Å². The number of amides is 1. The van der Waals surface area contributed by atoms with Crippen LogP contribution < -0.4 is 5.32 Å². The van der Waals surface area contributed by atoms with Crippen LogP contribution in [0.5, 0.6) is 0 Å². The molecule has 0 fully saturated rings. The molecule has 0 unspecified atom stereocenters. The van der Waals surface area contributed by atoms with Crippen LogP contribution in [0.1, 0.15) is 22.4 Å². The minimum atomic E-state index is -0.102. The first-order chi connectivity index (χ1) is 8.54. The van der Waals surface area contributed by atoms with E-state index in [4.69, 9.17) is 4.52 Å². The molecule has 2 aromatic rings. The summed E-state index contributed by atoms with van der Waals surface area (Å²) in [4.78, 5) is 11.8. The van der Waals surface area contributed by atoms with E-state index in [0.29, 0.717) is 12.3 Å². The minimum absolute atomic E-state index is 0.102. The van der Waals surface area contributed by atoms with Crippen molar-refractivity contribution in [1.29, 1.82) is 0 Å². The zero-order valence-corrected chi connectivity index (χ0v) is 10.8. The van der Waals surface area contributed by atoms with Gasteiger partial charge in [0.25, 0.3) is 0 Å². The highest BCUT2D eigenvalue weighted by Gasteiger charge is 2.08. The topological polar surface area (TPSA) is 55.1 Å². The third-order valence-corrected chi connectivity index (χ3v) is 2.83. The summed E-state index contributed by atoms with van der Waals surface area (Å²) < 4.78 is 4.93. The summed E-state index contributed by atoms with van der Waals surface area (Å²) in [6.07, 6.45) is 0.334. The molecule has 1 heterocycles. The van der Waals surface area contributed by atoms with Crippen molar-refractivity contribution in [1.82, 2.24) is 5.16 Å². The second-order valence-electron chi connectivity index (χ2n) is 4.48. The molecule has 94 valence electrons. The van der Waals surface area contributed by atoms with Crippen LogP contribution in [0, 0.1) is 20.8 Å². The van der Waals surface area contributed by atoms with Crippen LogP contribution in [0.15, 0.2) is 28.8 Å². The van der Waals surface area contributed by atoms with Crippen LogP contribution in [-0.2, 0) is 11.2 Å². The number of anilines is 1. The Morgan fingerprint density at radius 1 is 1.22 bits per heavy atom. The van der Waals surface area contributed by atoms with E-state index in [2.05, 4.69) is 17.4 Å². The Hall–Kier alpha value is -2.10. The number of hydrogen-bond donors (Lipinski definition) is 1. The third-order valence-electron chi connectivity index (χ3n) is 2.83. The first-order valence-electron chi connectivity index (χ1n) is 5.84. The predicted octanol–water partition coefficient (Wildman–Crippen LogP) is 2.78. The molecule has 0 aliphatic carbocycles. The van der Waals surface area contributed by atoms with Crippen LogP contribution in [0.2, 0.25) is 0 Å². The lowest BCUT2D eigenvalue weighted by Crippen LogP contribution is -2.14. The van der Waals surface area contributed by atoms with Crippen LogP contribution in [0.3, 0.4) is 0 Å². The number of benzene rings is 1. The van der Waals surface area contributed by atoms with Gasteiger partial charge in [0.05, 0.1) is 12.1 Å². The molecule has 1 amide bonds. The molecule has 0 atom stereocenters. The van der Waals surface area contributed by atoms with Crippen molar-refractivity contribution in [2.45, 2.75) is 27.2 Å². The molecule has 1 N–H and O–H groups in total. The first kappa shape index (κ1) is 12.4. The molecule has 0 aliphatic rings. The van der Waals surface area contributed by atoms with Gasteiger partial charge < -0.3 is 4.52 Å². The average molecular weight is 244 g/mol. The Balaban J connectivity index is 2.00. The third kappa shape index (κ3) is 2.97. The number of nitrogens with one attached hydrogen (secondary N) is 1. The zero-order valence-electron chi connectivity index (χ0n) is 10.8. The van der Waals surface area contributed by atoms with Crippen LogP contribution in [0.25, 0.3) is 0 Å². The Kier molecular flexibility index (Phi) is 3.46. The maximum Gasteiger partial charge on any atom is 0.231 e. The van der Waals surface area contributed by atoms with Crippen molar-refractivity contribution >= 4 is 11.8 Å². The summed E-state index contributed by atoms with van der Waals surface area (Å²) in [5, 5.41) is 6.39. The molecule has 1 aromatic heterocycles. The van der Waals surface area contributed by atoms with Crippen LogP contribution in [0.4, 0.5) is 5.88 Å². The van der Waals surface area contributed by atoms with E-state index in [9.17, 15) is 4.79 Å². The molecular weight excluding hydrogens is 228 g/mol. The molecule has 4 nitrogen and oxygen atoms in total. The Morgan fingerprint density at radius 2 is 2.00 bits per heavy atom. The molecule has 0 saturated heterocycles. The number of carbonyl (C=O) groups excluding carboxylic acids is 1. The molecule has 0 radical (unpaired) electrons. The molecule has 0 saturated carbocycles. The Morgan fingerprint density at radius 3 is 2.61 bits per heavy atom. The van der Waals surface area contributed by atoms with Crippen LogP contribution in [-0.4, -0.2) is 11.1 Å². The van der Waals surface area contributed by atoms with Gasteiger partial charge >= 0.3 is 0 Å². The highest BCUT2D eigenvalue weighted by Crippen LogP contribution is 2.12. The standard InChI is InChI=1S/C14H16N2O2/c1-9-4-5-12(6-10(9)2)8-13(17)15-14-7-11(3)16-18-14/h4-7H,8H2,1-3H3,(H,15,17). The van der Waals surface area contributed by atoms with E-state index >= 15 is 0 Å². The maximum atomic E-state index is 11.8. The van der Waals surface area contributed by atoms with Crippen molar-refractivity contribution in [3.8, 4) is 0 Å². The van der Waals surface area contributed by atoms with E-state index in [1.165, 1.54) is 11.1 Å². The summed E-state index contributed by atoms with van der Waals surface area (Å²) in [5.41, 5.74) is 4.16. The molecule has 2 rings (SSSR count). The Bertz CT molecular complexity index is 573. The molecule has 18 heavy (non-hydrogen) atoms. The summed E-state index contributed by atoms with van der Waals surface area (Å²) >= 11 is 0. The van der Waals surface area contributed by atoms with Gasteiger partial charge in [0.1, 0.15) is 0 Å². The van der Waals surface area contributed by atoms with Gasteiger partial charge in [0.2, 0.25) is 11.8 Å². The number of hydrogen-bond acceptors (Lipinski definition) is 3. The zero-order chi connectivity index (χ0) is 13.1. The second-order valence-corrected chi connectivity index (χ2v) is 4.48. The predicted molar refractivity (Wildman–Crippen MR) is 69.5 cm³/mol. The lowest BCUT2D eigenvalue weighted by molar-refractivity contribution is -0.115. The Labute approximate surface area is 106 Å². The number of carbonyl (C=O) groups is 1. The minimum Gasteiger partial charge on any atom is -0.338 e. The van der Waals surface area contributed by atoms with E-state index in [-0.39, 0.29) is 5.91 Å². The van der Waals surface area contributed by atoms with Crippen molar-refractivity contribution in [2.75, 3.05) is 5.32 Å². The van der Waals surface area contributed by atoms with Gasteiger partial charge in [-0.15, -0.1) is 0 Å². The monoisotopic (exact) mass is 244 g/mol. The fraction of sp³-hybridized carbons (Fsp3) is 0.286. The van der Waals surface area contributed by atoms with Gasteiger partial charge in [-0.05, 0) is 37.5 Å². The van der Waals surface area contributed by atoms with Gasteiger partial charge in [-0.3, -0.25) is 10.1 Å². The SMILES string of the molecule is Cc1cc(NC(=O)Cc2ccc(C)c(C)c2)on1. The fourth-order valence-electron chi connectivity index (χ4n) is 1.70. The first-order valence-corrected chi connectivity index (χ1v) is 5.84. The van der Waals surface area contributed by atoms with Gasteiger partial charge in [-0.1, -0.05) is 23.4 Å². The average Bonchev–Trinajstić information content (AvgIpc) is 2.69. The van der Waals surface area contributed by atoms with E-state index in [1.54, 1.807) is 6.07 Å². The molecule has 1 aromatic carbocycles. The quantitative estimate of drug-likeness (QED) is 0.903. The van der Waals surface area contributed by atoms with E-state index in [0.717, 1.165) is 11.3 Å². The number of aryl methyl sites for hydroxylation is 3. The normalized spacial score (nSPS) is 10.4. The van der Waals surface area contributed by atoms with E-state index in [1.807, 2.05) is 32.0 Å². The fourth-order valence-corrected chi connectivity index (χ4v) is 1.70. The smallest absolute Gasteiger partial charge is 0.231 e. The maximum absolute atomic E-state index is 11.8. The largest absolute Gasteiger partial charge is 0.338 e. The number of aromatic nitrogens is 1. The van der Waals surface area contributed by atoms with Crippen LogP contribution >= 0.6 is 0 Å². The van der Waals surface area contributed by atoms with Crippen molar-refractivity contribution in [3.05, 3.63) is 46.6 Å². The molecule has 0 bridgehead atoms. The molecule has 4 heteroatoms. The summed E-state index contributed by atoms with van der Waals surface area (Å²) in [5.74, 6) is 0.288. The number of nitrogens with zero attached hydrogens (tertiary/aromatic N) is 1. The van der Waals surface area contributed by atoms with Gasteiger partial charge in [0.15, 0.2) is 0 Å².